The number of nitrogens with two attached hydrogens (primary N) is 1. The predicted octanol–water partition coefficient (Wildman–Crippen LogP) is 2.88. The van der Waals surface area contributed by atoms with Gasteiger partial charge in [0, 0.05) is 34.7 Å². The zero-order valence-electron chi connectivity index (χ0n) is 13.1. The van der Waals surface area contributed by atoms with Crippen molar-refractivity contribution >= 4 is 28.4 Å². The van der Waals surface area contributed by atoms with Gasteiger partial charge in [0.05, 0.1) is 6.04 Å². The summed E-state index contributed by atoms with van der Waals surface area (Å²) in [6.45, 7) is 1.74. The molecule has 0 bridgehead atoms. The van der Waals surface area contributed by atoms with E-state index in [0.29, 0.717) is 0 Å². The van der Waals surface area contributed by atoms with E-state index in [4.69, 9.17) is 17.3 Å². The molecule has 3 N–H and O–H groups in total. The molecule has 0 radical (unpaired) electrons. The van der Waals surface area contributed by atoms with Crippen LogP contribution in [0.1, 0.15) is 30.5 Å². The lowest BCUT2D eigenvalue weighted by atomic mass is 9.81. The van der Waals surface area contributed by atoms with Crippen LogP contribution in [-0.2, 0) is 17.6 Å². The fraction of sp³-hybridized carbons (Fsp3) is 0.500. The summed E-state index contributed by atoms with van der Waals surface area (Å²) < 4.78 is 0. The molecular weight excluding hydrogens is 310 g/mol. The second kappa shape index (κ2) is 5.84. The molecule has 0 saturated carbocycles. The maximum absolute atomic E-state index is 12.6. The SMILES string of the molecule is N[C@H](C(=O)N1CCCC1)C1CCc2[nH]c3ccc(Cl)cc3c2C1. The first-order valence-corrected chi connectivity index (χ1v) is 8.84. The van der Waals surface area contributed by atoms with Crippen molar-refractivity contribution in [3.05, 3.63) is 34.5 Å². The van der Waals surface area contributed by atoms with Crippen LogP contribution in [0.2, 0.25) is 5.02 Å². The number of amides is 1. The van der Waals surface area contributed by atoms with E-state index in [1.54, 1.807) is 0 Å². The smallest absolute Gasteiger partial charge is 0.239 e. The van der Waals surface area contributed by atoms with Crippen molar-refractivity contribution in [2.45, 2.75) is 38.1 Å². The number of fused-ring (bicyclic) bond motifs is 3. The predicted molar refractivity (Wildman–Crippen MR) is 92.6 cm³/mol. The Labute approximate surface area is 141 Å². The lowest BCUT2D eigenvalue weighted by Crippen LogP contribution is -2.48. The number of carbonyl (C=O) groups is 1. The van der Waals surface area contributed by atoms with Gasteiger partial charge in [-0.1, -0.05) is 11.6 Å². The van der Waals surface area contributed by atoms with Crippen LogP contribution in [0, 0.1) is 5.92 Å². The molecular formula is C18H22ClN3O. The van der Waals surface area contributed by atoms with Crippen LogP contribution in [0.3, 0.4) is 0 Å². The summed E-state index contributed by atoms with van der Waals surface area (Å²) in [6, 6.07) is 5.57. The summed E-state index contributed by atoms with van der Waals surface area (Å²) in [5.41, 5.74) is 10.0. The number of nitrogens with one attached hydrogen (secondary N) is 1. The number of aromatic nitrogens is 1. The Balaban J connectivity index is 1.59. The number of nitrogens with zero attached hydrogens (tertiary/aromatic N) is 1. The average Bonchev–Trinajstić information content (AvgIpc) is 3.20. The van der Waals surface area contributed by atoms with E-state index in [1.807, 2.05) is 23.1 Å². The number of hydrogen-bond acceptors (Lipinski definition) is 2. The summed E-state index contributed by atoms with van der Waals surface area (Å²) in [5.74, 6) is 0.349. The van der Waals surface area contributed by atoms with E-state index in [0.717, 1.165) is 55.7 Å². The molecule has 1 aliphatic carbocycles. The Hall–Kier alpha value is -1.52. The van der Waals surface area contributed by atoms with Crippen molar-refractivity contribution < 1.29 is 4.79 Å². The minimum atomic E-state index is -0.384. The van der Waals surface area contributed by atoms with Gasteiger partial charge in [0.1, 0.15) is 0 Å². The van der Waals surface area contributed by atoms with Crippen LogP contribution in [-0.4, -0.2) is 34.9 Å². The maximum Gasteiger partial charge on any atom is 0.239 e. The average molecular weight is 332 g/mol. The number of benzene rings is 1. The molecule has 23 heavy (non-hydrogen) atoms. The van der Waals surface area contributed by atoms with Crippen molar-refractivity contribution in [1.29, 1.82) is 0 Å². The van der Waals surface area contributed by atoms with Crippen LogP contribution in [0.25, 0.3) is 10.9 Å². The van der Waals surface area contributed by atoms with Crippen molar-refractivity contribution in [1.82, 2.24) is 9.88 Å². The van der Waals surface area contributed by atoms with E-state index in [9.17, 15) is 4.79 Å². The molecule has 1 fully saturated rings. The Kier molecular flexibility index (Phi) is 3.82. The highest BCUT2D eigenvalue weighted by Gasteiger charge is 2.33. The number of halogens is 1. The third kappa shape index (κ3) is 2.64. The third-order valence-electron chi connectivity index (χ3n) is 5.40. The number of aryl methyl sites for hydroxylation is 1. The highest BCUT2D eigenvalue weighted by molar-refractivity contribution is 6.31. The number of rotatable bonds is 2. The Bertz CT molecular complexity index is 748. The van der Waals surface area contributed by atoms with Gasteiger partial charge in [0.25, 0.3) is 0 Å². The molecule has 2 heterocycles. The molecule has 0 spiro atoms. The number of H-pyrrole nitrogens is 1. The van der Waals surface area contributed by atoms with Gasteiger partial charge in [0.15, 0.2) is 0 Å². The summed E-state index contributed by atoms with van der Waals surface area (Å²) in [7, 11) is 0. The molecule has 1 unspecified atom stereocenters. The van der Waals surface area contributed by atoms with Gasteiger partial charge in [-0.15, -0.1) is 0 Å². The van der Waals surface area contributed by atoms with Crippen molar-refractivity contribution in [3.8, 4) is 0 Å². The van der Waals surface area contributed by atoms with Gasteiger partial charge in [0.2, 0.25) is 5.91 Å². The quantitative estimate of drug-likeness (QED) is 0.888. The largest absolute Gasteiger partial charge is 0.358 e. The molecule has 1 aromatic heterocycles. The first-order valence-electron chi connectivity index (χ1n) is 8.47. The first kappa shape index (κ1) is 15.0. The van der Waals surface area contributed by atoms with Crippen molar-refractivity contribution in [2.75, 3.05) is 13.1 Å². The zero-order valence-corrected chi connectivity index (χ0v) is 13.9. The Morgan fingerprint density at radius 1 is 1.35 bits per heavy atom. The number of hydrogen-bond donors (Lipinski definition) is 2. The fourth-order valence-electron chi connectivity index (χ4n) is 4.07. The van der Waals surface area contributed by atoms with E-state index in [-0.39, 0.29) is 17.9 Å². The van der Waals surface area contributed by atoms with Crippen LogP contribution < -0.4 is 5.73 Å². The molecule has 4 rings (SSSR count). The summed E-state index contributed by atoms with van der Waals surface area (Å²) >= 11 is 6.15. The molecule has 1 aromatic carbocycles. The van der Waals surface area contributed by atoms with Crippen LogP contribution in [0.4, 0.5) is 0 Å². The van der Waals surface area contributed by atoms with Gasteiger partial charge in [-0.25, -0.2) is 0 Å². The van der Waals surface area contributed by atoms with Gasteiger partial charge in [-0.2, -0.15) is 0 Å². The van der Waals surface area contributed by atoms with Crippen LogP contribution in [0.5, 0.6) is 0 Å². The molecule has 2 atom stereocenters. The molecule has 1 saturated heterocycles. The van der Waals surface area contributed by atoms with Crippen molar-refractivity contribution in [3.63, 3.8) is 0 Å². The molecule has 2 aromatic rings. The summed E-state index contributed by atoms with van der Waals surface area (Å²) in [4.78, 5) is 18.0. The number of likely N-dealkylation sites (tertiary alicyclic amines) is 1. The first-order chi connectivity index (χ1) is 11.1. The topological polar surface area (TPSA) is 62.1 Å². The van der Waals surface area contributed by atoms with Gasteiger partial charge in [-0.3, -0.25) is 4.79 Å². The standard InChI is InChI=1S/C18H22ClN3O/c19-12-4-6-16-14(10-12)13-9-11(3-5-15(13)21-16)17(20)18(23)22-7-1-2-8-22/h4,6,10-11,17,21H,1-3,5,7-9,20H2/t11?,17-/m0/s1. The highest BCUT2D eigenvalue weighted by Crippen LogP contribution is 2.34. The van der Waals surface area contributed by atoms with Gasteiger partial charge in [-0.05, 0) is 61.8 Å². The third-order valence-corrected chi connectivity index (χ3v) is 5.63. The van der Waals surface area contributed by atoms with Gasteiger partial charge >= 0.3 is 0 Å². The minimum absolute atomic E-state index is 0.133. The Morgan fingerprint density at radius 3 is 2.91 bits per heavy atom. The Morgan fingerprint density at radius 2 is 2.13 bits per heavy atom. The van der Waals surface area contributed by atoms with E-state index >= 15 is 0 Å². The molecule has 2 aliphatic rings. The molecule has 5 heteroatoms. The summed E-state index contributed by atoms with van der Waals surface area (Å²) in [5, 5.41) is 1.93. The molecule has 1 amide bonds. The van der Waals surface area contributed by atoms with E-state index < -0.39 is 0 Å². The second-order valence-corrected chi connectivity index (χ2v) is 7.27. The lowest BCUT2D eigenvalue weighted by molar-refractivity contribution is -0.132. The van der Waals surface area contributed by atoms with Crippen LogP contribution in [0.15, 0.2) is 18.2 Å². The zero-order chi connectivity index (χ0) is 16.0. The second-order valence-electron chi connectivity index (χ2n) is 6.83. The van der Waals surface area contributed by atoms with Gasteiger partial charge < -0.3 is 15.6 Å². The number of carbonyl (C=O) groups excluding carboxylic acids is 1. The number of aromatic amines is 1. The minimum Gasteiger partial charge on any atom is -0.358 e. The normalized spacial score (nSPS) is 22.3. The summed E-state index contributed by atoms with van der Waals surface area (Å²) in [6.07, 6.45) is 4.99. The van der Waals surface area contributed by atoms with E-state index in [1.165, 1.54) is 16.6 Å². The maximum atomic E-state index is 12.6. The molecule has 4 nitrogen and oxygen atoms in total. The molecule has 1 aliphatic heterocycles. The molecule has 122 valence electrons. The fourth-order valence-corrected chi connectivity index (χ4v) is 4.24. The highest BCUT2D eigenvalue weighted by atomic mass is 35.5. The van der Waals surface area contributed by atoms with Crippen LogP contribution >= 0.6 is 11.6 Å². The van der Waals surface area contributed by atoms with Crippen molar-refractivity contribution in [2.24, 2.45) is 11.7 Å². The van der Waals surface area contributed by atoms with E-state index in [2.05, 4.69) is 4.98 Å². The monoisotopic (exact) mass is 331 g/mol. The lowest BCUT2D eigenvalue weighted by Gasteiger charge is -2.30.